The molecule has 0 atom stereocenters. The standard InChI is InChI=1S/C11H11FN2O/c12-9-3-1-8(7-10(9)13)2-4-11-14-5-6-15-11/h1,3,5-7H,2,4,13H2. The number of rotatable bonds is 3. The number of nitrogen functional groups attached to an aromatic ring is 1. The Kier molecular flexibility index (Phi) is 2.67. The molecule has 2 N–H and O–H groups in total. The molecule has 0 spiro atoms. The van der Waals surface area contributed by atoms with E-state index in [9.17, 15) is 4.39 Å². The Morgan fingerprint density at radius 2 is 2.20 bits per heavy atom. The van der Waals surface area contributed by atoms with E-state index in [4.69, 9.17) is 10.2 Å². The predicted molar refractivity (Wildman–Crippen MR) is 54.7 cm³/mol. The van der Waals surface area contributed by atoms with Crippen molar-refractivity contribution in [3.63, 3.8) is 0 Å². The highest BCUT2D eigenvalue weighted by Gasteiger charge is 2.02. The monoisotopic (exact) mass is 206 g/mol. The average molecular weight is 206 g/mol. The maximum Gasteiger partial charge on any atom is 0.194 e. The van der Waals surface area contributed by atoms with Crippen molar-refractivity contribution in [3.8, 4) is 0 Å². The molecule has 1 aromatic heterocycles. The minimum absolute atomic E-state index is 0.180. The van der Waals surface area contributed by atoms with E-state index in [-0.39, 0.29) is 11.5 Å². The number of anilines is 1. The Labute approximate surface area is 86.7 Å². The van der Waals surface area contributed by atoms with Gasteiger partial charge in [-0.25, -0.2) is 9.37 Å². The van der Waals surface area contributed by atoms with E-state index < -0.39 is 0 Å². The van der Waals surface area contributed by atoms with Crippen LogP contribution >= 0.6 is 0 Å². The molecule has 0 saturated carbocycles. The van der Waals surface area contributed by atoms with Crippen molar-refractivity contribution in [1.82, 2.24) is 4.98 Å². The largest absolute Gasteiger partial charge is 0.449 e. The predicted octanol–water partition coefficient (Wildman–Crippen LogP) is 2.18. The maximum absolute atomic E-state index is 12.9. The van der Waals surface area contributed by atoms with E-state index in [0.29, 0.717) is 12.3 Å². The average Bonchev–Trinajstić information content (AvgIpc) is 2.73. The molecule has 1 heterocycles. The molecule has 0 unspecified atom stereocenters. The lowest BCUT2D eigenvalue weighted by Crippen LogP contribution is -1.95. The number of hydrogen-bond donors (Lipinski definition) is 1. The first kappa shape index (κ1) is 9.71. The van der Waals surface area contributed by atoms with Crippen LogP contribution in [0.1, 0.15) is 11.5 Å². The number of hydrogen-bond acceptors (Lipinski definition) is 3. The fourth-order valence-electron chi connectivity index (χ4n) is 1.38. The summed E-state index contributed by atoms with van der Waals surface area (Å²) in [5.74, 6) is 0.299. The third-order valence-corrected chi connectivity index (χ3v) is 2.17. The van der Waals surface area contributed by atoms with Crippen LogP contribution in [0.3, 0.4) is 0 Å². The summed E-state index contributed by atoms with van der Waals surface area (Å²) in [6.45, 7) is 0. The van der Waals surface area contributed by atoms with Gasteiger partial charge >= 0.3 is 0 Å². The zero-order chi connectivity index (χ0) is 10.7. The highest BCUT2D eigenvalue weighted by molar-refractivity contribution is 5.42. The van der Waals surface area contributed by atoms with Crippen LogP contribution in [0.4, 0.5) is 10.1 Å². The zero-order valence-electron chi connectivity index (χ0n) is 8.11. The van der Waals surface area contributed by atoms with Crippen molar-refractivity contribution in [2.24, 2.45) is 0 Å². The molecule has 2 aromatic rings. The second-order valence-corrected chi connectivity index (χ2v) is 3.28. The second-order valence-electron chi connectivity index (χ2n) is 3.28. The summed E-state index contributed by atoms with van der Waals surface area (Å²) in [5.41, 5.74) is 6.61. The minimum atomic E-state index is -0.380. The molecule has 2 rings (SSSR count). The number of benzene rings is 1. The third-order valence-electron chi connectivity index (χ3n) is 2.17. The number of oxazole rings is 1. The first-order valence-corrected chi connectivity index (χ1v) is 4.68. The maximum atomic E-state index is 12.9. The van der Waals surface area contributed by atoms with E-state index >= 15 is 0 Å². The molecule has 15 heavy (non-hydrogen) atoms. The highest BCUT2D eigenvalue weighted by atomic mass is 19.1. The lowest BCUT2D eigenvalue weighted by atomic mass is 10.1. The quantitative estimate of drug-likeness (QED) is 0.783. The molecule has 78 valence electrons. The summed E-state index contributed by atoms with van der Waals surface area (Å²) in [6, 6.07) is 4.73. The van der Waals surface area contributed by atoms with E-state index in [1.54, 1.807) is 18.3 Å². The van der Waals surface area contributed by atoms with Crippen LogP contribution in [0.25, 0.3) is 0 Å². The second kappa shape index (κ2) is 4.13. The van der Waals surface area contributed by atoms with Gasteiger partial charge in [0.05, 0.1) is 11.9 Å². The SMILES string of the molecule is Nc1cc(CCc2ncco2)ccc1F. The molecule has 0 aliphatic heterocycles. The van der Waals surface area contributed by atoms with Gasteiger partial charge in [-0.15, -0.1) is 0 Å². The van der Waals surface area contributed by atoms with Gasteiger partial charge in [0, 0.05) is 6.42 Å². The Morgan fingerprint density at radius 3 is 2.87 bits per heavy atom. The third kappa shape index (κ3) is 2.34. The Bertz CT molecular complexity index is 440. The number of nitrogens with zero attached hydrogens (tertiary/aromatic N) is 1. The minimum Gasteiger partial charge on any atom is -0.449 e. The zero-order valence-corrected chi connectivity index (χ0v) is 8.11. The van der Waals surface area contributed by atoms with Crippen molar-refractivity contribution in [1.29, 1.82) is 0 Å². The molecule has 0 saturated heterocycles. The summed E-state index contributed by atoms with van der Waals surface area (Å²) in [7, 11) is 0. The van der Waals surface area contributed by atoms with Crippen LogP contribution < -0.4 is 5.73 Å². The molecule has 1 aromatic carbocycles. The number of aryl methyl sites for hydroxylation is 2. The van der Waals surface area contributed by atoms with Gasteiger partial charge in [0.25, 0.3) is 0 Å². The number of halogens is 1. The highest BCUT2D eigenvalue weighted by Crippen LogP contribution is 2.13. The number of nitrogens with two attached hydrogens (primary N) is 1. The van der Waals surface area contributed by atoms with Crippen molar-refractivity contribution in [2.45, 2.75) is 12.8 Å². The van der Waals surface area contributed by atoms with Crippen molar-refractivity contribution < 1.29 is 8.81 Å². The molecule has 4 heteroatoms. The molecular formula is C11H11FN2O. The van der Waals surface area contributed by atoms with Gasteiger partial charge in [0.15, 0.2) is 5.89 Å². The summed E-state index contributed by atoms with van der Waals surface area (Å²) in [6.07, 6.45) is 4.58. The van der Waals surface area contributed by atoms with Gasteiger partial charge < -0.3 is 10.2 Å². The van der Waals surface area contributed by atoms with Crippen molar-refractivity contribution in [3.05, 3.63) is 47.9 Å². The van der Waals surface area contributed by atoms with Crippen LogP contribution in [-0.4, -0.2) is 4.98 Å². The van der Waals surface area contributed by atoms with Gasteiger partial charge in [-0.2, -0.15) is 0 Å². The van der Waals surface area contributed by atoms with Gasteiger partial charge in [-0.3, -0.25) is 0 Å². The number of aromatic nitrogens is 1. The van der Waals surface area contributed by atoms with Crippen LogP contribution in [0.5, 0.6) is 0 Å². The molecule has 0 aliphatic rings. The van der Waals surface area contributed by atoms with E-state index in [1.165, 1.54) is 12.3 Å². The molecule has 0 aliphatic carbocycles. The lowest BCUT2D eigenvalue weighted by molar-refractivity contribution is 0.494. The topological polar surface area (TPSA) is 52.0 Å². The van der Waals surface area contributed by atoms with Crippen molar-refractivity contribution >= 4 is 5.69 Å². The van der Waals surface area contributed by atoms with Gasteiger partial charge in [-0.1, -0.05) is 6.07 Å². The van der Waals surface area contributed by atoms with Crippen molar-refractivity contribution in [2.75, 3.05) is 5.73 Å². The first-order chi connectivity index (χ1) is 7.25. The molecule has 0 fully saturated rings. The van der Waals surface area contributed by atoms with Crippen LogP contribution in [0, 0.1) is 5.82 Å². The van der Waals surface area contributed by atoms with Gasteiger partial charge in [-0.05, 0) is 24.1 Å². The van der Waals surface area contributed by atoms with Crippen LogP contribution in [0.2, 0.25) is 0 Å². The molecular weight excluding hydrogens is 195 g/mol. The molecule has 3 nitrogen and oxygen atoms in total. The Hall–Kier alpha value is -1.84. The Balaban J connectivity index is 2.02. The normalized spacial score (nSPS) is 10.5. The lowest BCUT2D eigenvalue weighted by Gasteiger charge is -2.01. The Morgan fingerprint density at radius 1 is 1.33 bits per heavy atom. The summed E-state index contributed by atoms with van der Waals surface area (Å²) in [4.78, 5) is 4.00. The summed E-state index contributed by atoms with van der Waals surface area (Å²) >= 11 is 0. The van der Waals surface area contributed by atoms with E-state index in [0.717, 1.165) is 12.0 Å². The molecule has 0 radical (unpaired) electrons. The van der Waals surface area contributed by atoms with Crippen LogP contribution in [-0.2, 0) is 12.8 Å². The van der Waals surface area contributed by atoms with E-state index in [2.05, 4.69) is 4.98 Å². The smallest absolute Gasteiger partial charge is 0.194 e. The first-order valence-electron chi connectivity index (χ1n) is 4.68. The fraction of sp³-hybridized carbons (Fsp3) is 0.182. The van der Waals surface area contributed by atoms with Gasteiger partial charge in [0.1, 0.15) is 12.1 Å². The van der Waals surface area contributed by atoms with E-state index in [1.807, 2.05) is 0 Å². The van der Waals surface area contributed by atoms with Gasteiger partial charge in [0.2, 0.25) is 0 Å². The van der Waals surface area contributed by atoms with Crippen LogP contribution in [0.15, 0.2) is 35.1 Å². The fourth-order valence-corrected chi connectivity index (χ4v) is 1.38. The molecule has 0 bridgehead atoms. The summed E-state index contributed by atoms with van der Waals surface area (Å²) < 4.78 is 17.9. The molecule has 0 amide bonds. The summed E-state index contributed by atoms with van der Waals surface area (Å²) in [5, 5.41) is 0.